The van der Waals surface area contributed by atoms with Crippen LogP contribution in [0.5, 0.6) is 5.75 Å². The average Bonchev–Trinajstić information content (AvgIpc) is 2.41. The third-order valence-electron chi connectivity index (χ3n) is 3.17. The van der Waals surface area contributed by atoms with Crippen LogP contribution in [0.15, 0.2) is 35.1 Å². The third kappa shape index (κ3) is 2.30. The van der Waals surface area contributed by atoms with Crippen molar-refractivity contribution in [2.75, 3.05) is 7.11 Å². The lowest BCUT2D eigenvalue weighted by Crippen LogP contribution is -2.25. The Balaban J connectivity index is 2.72. The van der Waals surface area contributed by atoms with Crippen LogP contribution in [0, 0.1) is 6.92 Å². The Morgan fingerprint density at radius 1 is 1.25 bits per heavy atom. The monoisotopic (exact) mass is 273 g/mol. The van der Waals surface area contributed by atoms with Gasteiger partial charge in [-0.1, -0.05) is 11.6 Å². The topological polar surface area (TPSA) is 68.5 Å². The van der Waals surface area contributed by atoms with E-state index < -0.39 is 11.5 Å². The summed E-state index contributed by atoms with van der Waals surface area (Å²) in [6, 6.07) is 8.56. The molecule has 0 saturated carbocycles. The van der Waals surface area contributed by atoms with E-state index in [0.29, 0.717) is 11.4 Å². The van der Waals surface area contributed by atoms with E-state index in [-0.39, 0.29) is 5.56 Å². The van der Waals surface area contributed by atoms with Gasteiger partial charge in [-0.3, -0.25) is 4.79 Å². The minimum atomic E-state index is -1.23. The predicted octanol–water partition coefficient (Wildman–Crippen LogP) is 2.07. The van der Waals surface area contributed by atoms with Gasteiger partial charge in [0.1, 0.15) is 11.3 Å². The molecule has 104 valence electrons. The van der Waals surface area contributed by atoms with Gasteiger partial charge in [0.05, 0.1) is 12.8 Å². The van der Waals surface area contributed by atoms with Gasteiger partial charge >= 0.3 is 5.97 Å². The van der Waals surface area contributed by atoms with Crippen LogP contribution in [-0.4, -0.2) is 22.8 Å². The minimum Gasteiger partial charge on any atom is -0.496 e. The Labute approximate surface area is 116 Å². The van der Waals surface area contributed by atoms with Crippen molar-refractivity contribution in [2.45, 2.75) is 6.92 Å². The fraction of sp³-hybridized carbons (Fsp3) is 0.200. The molecule has 0 unspecified atom stereocenters. The van der Waals surface area contributed by atoms with Crippen LogP contribution < -0.4 is 10.3 Å². The van der Waals surface area contributed by atoms with Gasteiger partial charge in [0.25, 0.3) is 5.56 Å². The molecule has 1 aromatic heterocycles. The summed E-state index contributed by atoms with van der Waals surface area (Å²) in [6.07, 6.45) is 0. The van der Waals surface area contributed by atoms with Gasteiger partial charge in [0.15, 0.2) is 0 Å². The Bertz CT molecular complexity index is 731. The molecule has 0 fully saturated rings. The number of carboxylic acid groups (broad SMARTS) is 1. The first-order valence-electron chi connectivity index (χ1n) is 6.04. The second-order valence-corrected chi connectivity index (χ2v) is 4.51. The van der Waals surface area contributed by atoms with Crippen molar-refractivity contribution in [2.24, 2.45) is 7.05 Å². The fourth-order valence-corrected chi connectivity index (χ4v) is 2.09. The van der Waals surface area contributed by atoms with Crippen LogP contribution in [0.25, 0.3) is 11.3 Å². The lowest BCUT2D eigenvalue weighted by atomic mass is 10.1. The molecule has 0 atom stereocenters. The molecule has 5 heteroatoms. The number of aromatic carboxylic acids is 1. The van der Waals surface area contributed by atoms with Crippen LogP contribution in [-0.2, 0) is 7.05 Å². The van der Waals surface area contributed by atoms with Crippen molar-refractivity contribution in [3.8, 4) is 17.0 Å². The van der Waals surface area contributed by atoms with Gasteiger partial charge in [0, 0.05) is 12.6 Å². The first-order chi connectivity index (χ1) is 9.45. The number of pyridine rings is 1. The first-order valence-corrected chi connectivity index (χ1v) is 6.04. The van der Waals surface area contributed by atoms with Crippen LogP contribution in [0.1, 0.15) is 15.9 Å². The molecule has 0 radical (unpaired) electrons. The van der Waals surface area contributed by atoms with Gasteiger partial charge in [-0.15, -0.1) is 0 Å². The Hall–Kier alpha value is -2.56. The van der Waals surface area contributed by atoms with E-state index in [0.717, 1.165) is 11.1 Å². The number of carboxylic acids is 1. The summed E-state index contributed by atoms with van der Waals surface area (Å²) in [5, 5.41) is 8.96. The Morgan fingerprint density at radius 3 is 2.55 bits per heavy atom. The van der Waals surface area contributed by atoms with Crippen molar-refractivity contribution in [1.29, 1.82) is 0 Å². The van der Waals surface area contributed by atoms with Gasteiger partial charge in [-0.25, -0.2) is 4.79 Å². The highest BCUT2D eigenvalue weighted by molar-refractivity contribution is 5.87. The van der Waals surface area contributed by atoms with Gasteiger partial charge in [-0.05, 0) is 31.2 Å². The molecule has 0 aliphatic rings. The number of methoxy groups -OCH3 is 1. The van der Waals surface area contributed by atoms with E-state index in [9.17, 15) is 9.59 Å². The molecule has 0 bridgehead atoms. The second-order valence-electron chi connectivity index (χ2n) is 4.51. The second kappa shape index (κ2) is 5.21. The SMILES string of the molecule is COc1ccc(C)cc1-c1ccc(C(=O)O)c(=O)n1C. The number of carbonyl (C=O) groups is 1. The quantitative estimate of drug-likeness (QED) is 0.929. The molecular formula is C15H15NO4. The highest BCUT2D eigenvalue weighted by atomic mass is 16.5. The van der Waals surface area contributed by atoms with Gasteiger partial charge in [-0.2, -0.15) is 0 Å². The van der Waals surface area contributed by atoms with E-state index >= 15 is 0 Å². The number of ether oxygens (including phenoxy) is 1. The van der Waals surface area contributed by atoms with Crippen molar-refractivity contribution < 1.29 is 14.6 Å². The Morgan fingerprint density at radius 2 is 1.95 bits per heavy atom. The number of benzene rings is 1. The fourth-order valence-electron chi connectivity index (χ4n) is 2.09. The summed E-state index contributed by atoms with van der Waals surface area (Å²) >= 11 is 0. The zero-order valence-corrected chi connectivity index (χ0v) is 11.5. The standard InChI is InChI=1S/C15H15NO4/c1-9-4-7-13(20-3)11(8-9)12-6-5-10(15(18)19)14(17)16(12)2/h4-8H,1-3H3,(H,18,19). The van der Waals surface area contributed by atoms with Crippen molar-refractivity contribution in [3.05, 3.63) is 51.8 Å². The molecule has 2 rings (SSSR count). The van der Waals surface area contributed by atoms with E-state index in [1.807, 2.05) is 25.1 Å². The number of rotatable bonds is 3. The summed E-state index contributed by atoms with van der Waals surface area (Å²) in [5.74, 6) is -0.595. The number of nitrogens with zero attached hydrogens (tertiary/aromatic N) is 1. The first kappa shape index (κ1) is 13.9. The van der Waals surface area contributed by atoms with Gasteiger partial charge in [0.2, 0.25) is 0 Å². The molecule has 1 aromatic carbocycles. The molecule has 0 saturated heterocycles. The number of hydrogen-bond donors (Lipinski definition) is 1. The lowest BCUT2D eigenvalue weighted by molar-refractivity contribution is 0.0694. The maximum Gasteiger partial charge on any atom is 0.341 e. The highest BCUT2D eigenvalue weighted by Gasteiger charge is 2.15. The molecule has 1 N–H and O–H groups in total. The number of aryl methyl sites for hydroxylation is 1. The molecule has 0 spiro atoms. The molecule has 0 aliphatic heterocycles. The van der Waals surface area contributed by atoms with Crippen molar-refractivity contribution in [3.63, 3.8) is 0 Å². The van der Waals surface area contributed by atoms with E-state index in [1.165, 1.54) is 10.6 Å². The van der Waals surface area contributed by atoms with Crippen molar-refractivity contribution >= 4 is 5.97 Å². The van der Waals surface area contributed by atoms with E-state index in [1.54, 1.807) is 20.2 Å². The van der Waals surface area contributed by atoms with Gasteiger partial charge < -0.3 is 14.4 Å². The van der Waals surface area contributed by atoms with Crippen LogP contribution in [0.2, 0.25) is 0 Å². The zero-order chi connectivity index (χ0) is 14.9. The average molecular weight is 273 g/mol. The molecule has 2 aromatic rings. The summed E-state index contributed by atoms with van der Waals surface area (Å²) in [6.45, 7) is 1.94. The minimum absolute atomic E-state index is 0.247. The highest BCUT2D eigenvalue weighted by Crippen LogP contribution is 2.29. The zero-order valence-electron chi connectivity index (χ0n) is 11.5. The molecule has 20 heavy (non-hydrogen) atoms. The Kier molecular flexibility index (Phi) is 3.61. The summed E-state index contributed by atoms with van der Waals surface area (Å²) in [5.41, 5.74) is 1.60. The summed E-state index contributed by atoms with van der Waals surface area (Å²) in [4.78, 5) is 23.0. The lowest BCUT2D eigenvalue weighted by Gasteiger charge is -2.13. The van der Waals surface area contributed by atoms with Crippen LogP contribution in [0.3, 0.4) is 0 Å². The summed E-state index contributed by atoms with van der Waals surface area (Å²) in [7, 11) is 3.10. The number of hydrogen-bond acceptors (Lipinski definition) is 3. The van der Waals surface area contributed by atoms with E-state index in [2.05, 4.69) is 0 Å². The van der Waals surface area contributed by atoms with Crippen molar-refractivity contribution in [1.82, 2.24) is 4.57 Å². The maximum absolute atomic E-state index is 12.0. The third-order valence-corrected chi connectivity index (χ3v) is 3.17. The van der Waals surface area contributed by atoms with Crippen LogP contribution >= 0.6 is 0 Å². The molecule has 0 aliphatic carbocycles. The normalized spacial score (nSPS) is 10.3. The predicted molar refractivity (Wildman–Crippen MR) is 75.4 cm³/mol. The summed E-state index contributed by atoms with van der Waals surface area (Å²) < 4.78 is 6.62. The molecule has 5 nitrogen and oxygen atoms in total. The largest absolute Gasteiger partial charge is 0.496 e. The van der Waals surface area contributed by atoms with E-state index in [4.69, 9.17) is 9.84 Å². The molecular weight excluding hydrogens is 258 g/mol. The smallest absolute Gasteiger partial charge is 0.341 e. The molecule has 1 heterocycles. The number of aromatic nitrogens is 1. The maximum atomic E-state index is 12.0. The van der Waals surface area contributed by atoms with Crippen LogP contribution in [0.4, 0.5) is 0 Å². The molecule has 0 amide bonds.